The van der Waals surface area contributed by atoms with Gasteiger partial charge >= 0.3 is 0 Å². The lowest BCUT2D eigenvalue weighted by Gasteiger charge is -2.33. The van der Waals surface area contributed by atoms with E-state index in [0.29, 0.717) is 16.6 Å². The molecule has 1 aliphatic rings. The lowest BCUT2D eigenvalue weighted by molar-refractivity contribution is 0.143. The maximum absolute atomic E-state index is 5.62. The van der Waals surface area contributed by atoms with Gasteiger partial charge in [-0.15, -0.1) is 0 Å². The molecule has 2 rings (SSSR count). The summed E-state index contributed by atoms with van der Waals surface area (Å²) in [6.07, 6.45) is 2.40. The summed E-state index contributed by atoms with van der Waals surface area (Å²) in [6, 6.07) is 5.82. The average molecular weight is 265 g/mol. The van der Waals surface area contributed by atoms with Gasteiger partial charge < -0.3 is 15.4 Å². The van der Waals surface area contributed by atoms with Crippen LogP contribution in [0.15, 0.2) is 18.2 Å². The summed E-state index contributed by atoms with van der Waals surface area (Å²) in [5.74, 6) is 1.54. The van der Waals surface area contributed by atoms with Gasteiger partial charge in [-0.2, -0.15) is 0 Å². The Morgan fingerprint density at radius 1 is 1.61 bits per heavy atom. The van der Waals surface area contributed by atoms with Crippen molar-refractivity contribution in [1.29, 1.82) is 0 Å². The molecule has 0 aliphatic carbocycles. The minimum atomic E-state index is 0.349. The maximum Gasteiger partial charge on any atom is 0.129 e. The molecule has 0 radical (unpaired) electrons. The van der Waals surface area contributed by atoms with E-state index in [9.17, 15) is 0 Å². The summed E-state index contributed by atoms with van der Waals surface area (Å²) in [7, 11) is 1.75. The van der Waals surface area contributed by atoms with Crippen molar-refractivity contribution in [3.63, 3.8) is 0 Å². The highest BCUT2D eigenvalue weighted by molar-refractivity contribution is 7.80. The second-order valence-corrected chi connectivity index (χ2v) is 5.09. The SMILES string of the molecule is COCC1CCCN(c2cccc(C(N)=S)n2)C1. The first-order chi connectivity index (χ1) is 8.70. The van der Waals surface area contributed by atoms with Gasteiger partial charge in [0.1, 0.15) is 10.8 Å². The van der Waals surface area contributed by atoms with E-state index >= 15 is 0 Å². The molecule has 0 bridgehead atoms. The smallest absolute Gasteiger partial charge is 0.129 e. The van der Waals surface area contributed by atoms with Crippen LogP contribution in [0, 0.1) is 5.92 Å². The number of methoxy groups -OCH3 is 1. The molecule has 1 unspecified atom stereocenters. The zero-order valence-electron chi connectivity index (χ0n) is 10.6. The highest BCUT2D eigenvalue weighted by Gasteiger charge is 2.20. The first-order valence-electron chi connectivity index (χ1n) is 6.21. The van der Waals surface area contributed by atoms with Gasteiger partial charge in [0.15, 0.2) is 0 Å². The minimum Gasteiger partial charge on any atom is -0.388 e. The fraction of sp³-hybridized carbons (Fsp3) is 0.538. The molecule has 1 aromatic heterocycles. The zero-order valence-corrected chi connectivity index (χ0v) is 11.4. The van der Waals surface area contributed by atoms with Crippen LogP contribution in [0.4, 0.5) is 5.82 Å². The molecule has 1 aliphatic heterocycles. The third-order valence-corrected chi connectivity index (χ3v) is 3.44. The second kappa shape index (κ2) is 6.11. The average Bonchev–Trinajstić information content (AvgIpc) is 2.39. The van der Waals surface area contributed by atoms with Gasteiger partial charge in [-0.1, -0.05) is 18.3 Å². The molecule has 18 heavy (non-hydrogen) atoms. The third kappa shape index (κ3) is 3.17. The van der Waals surface area contributed by atoms with Crippen molar-refractivity contribution in [3.8, 4) is 0 Å². The summed E-state index contributed by atoms with van der Waals surface area (Å²) in [5.41, 5.74) is 6.31. The van der Waals surface area contributed by atoms with E-state index in [4.69, 9.17) is 22.7 Å². The molecule has 1 atom stereocenters. The fourth-order valence-corrected chi connectivity index (χ4v) is 2.50. The standard InChI is InChI=1S/C13H19N3OS/c1-17-9-10-4-3-7-16(8-10)12-6-2-5-11(15-12)13(14)18/h2,5-6,10H,3-4,7-9H2,1H3,(H2,14,18). The number of ether oxygens (including phenoxy) is 1. The van der Waals surface area contributed by atoms with Crippen LogP contribution in [0.3, 0.4) is 0 Å². The Labute approximate surface area is 113 Å². The molecule has 0 amide bonds. The Balaban J connectivity index is 2.10. The highest BCUT2D eigenvalue weighted by atomic mass is 32.1. The Morgan fingerprint density at radius 2 is 2.44 bits per heavy atom. The van der Waals surface area contributed by atoms with E-state index in [1.165, 1.54) is 12.8 Å². The molecule has 0 saturated carbocycles. The van der Waals surface area contributed by atoms with Crippen molar-refractivity contribution in [2.45, 2.75) is 12.8 Å². The predicted molar refractivity (Wildman–Crippen MR) is 76.9 cm³/mol. The van der Waals surface area contributed by atoms with Gasteiger partial charge in [-0.3, -0.25) is 0 Å². The number of piperidine rings is 1. The molecular weight excluding hydrogens is 246 g/mol. The number of hydrogen-bond donors (Lipinski definition) is 1. The van der Waals surface area contributed by atoms with Crippen molar-refractivity contribution < 1.29 is 4.74 Å². The molecule has 0 spiro atoms. The van der Waals surface area contributed by atoms with Gasteiger partial charge in [0, 0.05) is 20.2 Å². The number of nitrogens with two attached hydrogens (primary N) is 1. The lowest BCUT2D eigenvalue weighted by Crippen LogP contribution is -2.37. The number of nitrogens with zero attached hydrogens (tertiary/aromatic N) is 2. The molecule has 1 aromatic rings. The number of anilines is 1. The van der Waals surface area contributed by atoms with E-state index in [-0.39, 0.29) is 0 Å². The zero-order chi connectivity index (χ0) is 13.0. The summed E-state index contributed by atoms with van der Waals surface area (Å²) in [5, 5.41) is 0. The summed E-state index contributed by atoms with van der Waals surface area (Å²) in [4.78, 5) is 7.15. The largest absolute Gasteiger partial charge is 0.388 e. The van der Waals surface area contributed by atoms with Gasteiger partial charge in [0.2, 0.25) is 0 Å². The van der Waals surface area contributed by atoms with Crippen LogP contribution in [0.2, 0.25) is 0 Å². The van der Waals surface area contributed by atoms with Gasteiger partial charge in [-0.05, 0) is 30.9 Å². The molecular formula is C13H19N3OS. The van der Waals surface area contributed by atoms with Crippen molar-refractivity contribution >= 4 is 23.0 Å². The van der Waals surface area contributed by atoms with Crippen LogP contribution in [0.5, 0.6) is 0 Å². The van der Waals surface area contributed by atoms with E-state index in [1.807, 2.05) is 18.2 Å². The number of thiocarbonyl (C=S) groups is 1. The number of rotatable bonds is 4. The second-order valence-electron chi connectivity index (χ2n) is 4.65. The van der Waals surface area contributed by atoms with Crippen molar-refractivity contribution in [3.05, 3.63) is 23.9 Å². The van der Waals surface area contributed by atoms with Crippen LogP contribution < -0.4 is 10.6 Å². The Kier molecular flexibility index (Phi) is 4.49. The Morgan fingerprint density at radius 3 is 3.17 bits per heavy atom. The maximum atomic E-state index is 5.62. The summed E-state index contributed by atoms with van der Waals surface area (Å²) >= 11 is 4.96. The lowest BCUT2D eigenvalue weighted by atomic mass is 9.99. The summed E-state index contributed by atoms with van der Waals surface area (Å²) in [6.45, 7) is 2.83. The molecule has 4 nitrogen and oxygen atoms in total. The molecule has 2 heterocycles. The van der Waals surface area contributed by atoms with Crippen molar-refractivity contribution in [2.24, 2.45) is 11.7 Å². The number of aromatic nitrogens is 1. The fourth-order valence-electron chi connectivity index (χ4n) is 2.38. The summed E-state index contributed by atoms with van der Waals surface area (Å²) < 4.78 is 5.24. The Bertz CT molecular complexity index is 422. The third-order valence-electron chi connectivity index (χ3n) is 3.23. The van der Waals surface area contributed by atoms with Crippen LogP contribution in [-0.4, -0.2) is 36.8 Å². The van der Waals surface area contributed by atoms with Gasteiger partial charge in [-0.25, -0.2) is 4.98 Å². The first kappa shape index (κ1) is 13.2. The van der Waals surface area contributed by atoms with E-state index < -0.39 is 0 Å². The van der Waals surface area contributed by atoms with Gasteiger partial charge in [0.05, 0.1) is 12.3 Å². The molecule has 2 N–H and O–H groups in total. The molecule has 5 heteroatoms. The van der Waals surface area contributed by atoms with Crippen molar-refractivity contribution in [2.75, 3.05) is 31.7 Å². The van der Waals surface area contributed by atoms with Crippen LogP contribution in [0.25, 0.3) is 0 Å². The van der Waals surface area contributed by atoms with Crippen LogP contribution >= 0.6 is 12.2 Å². The predicted octanol–water partition coefficient (Wildman–Crippen LogP) is 1.58. The topological polar surface area (TPSA) is 51.4 Å². The number of hydrogen-bond acceptors (Lipinski definition) is 4. The molecule has 0 aromatic carbocycles. The van der Waals surface area contributed by atoms with E-state index in [2.05, 4.69) is 9.88 Å². The first-order valence-corrected chi connectivity index (χ1v) is 6.62. The van der Waals surface area contributed by atoms with E-state index in [0.717, 1.165) is 25.5 Å². The minimum absolute atomic E-state index is 0.349. The molecule has 1 saturated heterocycles. The normalized spacial score (nSPS) is 19.8. The van der Waals surface area contributed by atoms with Crippen molar-refractivity contribution in [1.82, 2.24) is 4.98 Å². The molecule has 1 fully saturated rings. The monoisotopic (exact) mass is 265 g/mol. The highest BCUT2D eigenvalue weighted by Crippen LogP contribution is 2.21. The Hall–Kier alpha value is -1.20. The number of pyridine rings is 1. The quantitative estimate of drug-likeness (QED) is 0.838. The van der Waals surface area contributed by atoms with Gasteiger partial charge in [0.25, 0.3) is 0 Å². The van der Waals surface area contributed by atoms with Crippen LogP contribution in [-0.2, 0) is 4.74 Å². The van der Waals surface area contributed by atoms with Crippen LogP contribution in [0.1, 0.15) is 18.5 Å². The molecule has 98 valence electrons. The van der Waals surface area contributed by atoms with E-state index in [1.54, 1.807) is 7.11 Å².